The molecule has 1 fully saturated rings. The Bertz CT molecular complexity index is 678. The van der Waals surface area contributed by atoms with E-state index in [0.29, 0.717) is 13.1 Å². The predicted molar refractivity (Wildman–Crippen MR) is 94.7 cm³/mol. The maximum atomic E-state index is 12.2. The number of rotatable bonds is 6. The number of fused-ring (bicyclic) bond motifs is 1. The molecule has 1 aliphatic heterocycles. The molecule has 0 bridgehead atoms. The van der Waals surface area contributed by atoms with Crippen molar-refractivity contribution in [2.24, 2.45) is 0 Å². The van der Waals surface area contributed by atoms with Crippen molar-refractivity contribution in [3.8, 4) is 0 Å². The van der Waals surface area contributed by atoms with Gasteiger partial charge >= 0.3 is 7.05 Å². The lowest BCUT2D eigenvalue weighted by molar-refractivity contribution is -0.124. The van der Waals surface area contributed by atoms with Crippen molar-refractivity contribution in [2.45, 2.75) is 25.7 Å². The van der Waals surface area contributed by atoms with Crippen molar-refractivity contribution in [1.29, 1.82) is 0 Å². The number of amides is 1. The second-order valence-corrected chi connectivity index (χ2v) is 6.58. The fourth-order valence-corrected chi connectivity index (χ4v) is 3.77. The Morgan fingerprint density at radius 3 is 3.13 bits per heavy atom. The average molecular weight is 332 g/mol. The lowest BCUT2D eigenvalue weighted by Crippen LogP contribution is -2.49. The molecule has 0 spiro atoms. The van der Waals surface area contributed by atoms with Crippen LogP contribution in [0.3, 0.4) is 0 Å². The van der Waals surface area contributed by atoms with Gasteiger partial charge < -0.3 is 20.5 Å². The molecule has 1 atom stereocenters. The molecule has 1 aliphatic rings. The number of anilines is 1. The Balaban J connectivity index is 1.47. The summed E-state index contributed by atoms with van der Waals surface area (Å²) in [4.78, 5) is 14.1. The van der Waals surface area contributed by atoms with Gasteiger partial charge in [0.05, 0.1) is 10.7 Å². The largest absolute Gasteiger partial charge is 0.437 e. The van der Waals surface area contributed by atoms with E-state index in [4.69, 9.17) is 0 Å². The molecule has 1 aromatic heterocycles. The van der Waals surface area contributed by atoms with Crippen LogP contribution in [0.4, 0.5) is 5.82 Å². The zero-order valence-electron chi connectivity index (χ0n) is 13.2. The van der Waals surface area contributed by atoms with Crippen LogP contribution >= 0.6 is 11.5 Å². The molecular weight excluding hydrogens is 311 g/mol. The van der Waals surface area contributed by atoms with E-state index in [1.165, 1.54) is 11.5 Å². The smallest absolute Gasteiger partial charge is 0.377 e. The highest BCUT2D eigenvalue weighted by molar-refractivity contribution is 7.13. The molecule has 3 rings (SSSR count). The van der Waals surface area contributed by atoms with Gasteiger partial charge in [-0.1, -0.05) is 12.1 Å². The highest BCUT2D eigenvalue weighted by Gasteiger charge is 2.34. The Morgan fingerprint density at radius 2 is 2.30 bits per heavy atom. The first-order valence-corrected chi connectivity index (χ1v) is 8.74. The Kier molecular flexibility index (Phi) is 5.14. The first-order chi connectivity index (χ1) is 11.2. The topological polar surface area (TPSA) is 77.5 Å². The van der Waals surface area contributed by atoms with Gasteiger partial charge in [-0.05, 0) is 49.9 Å². The highest BCUT2D eigenvalue weighted by atomic mass is 32.1. The molecule has 8 heteroatoms. The average Bonchev–Trinajstić information content (AvgIpc) is 3.18. The van der Waals surface area contributed by atoms with E-state index < -0.39 is 7.05 Å². The minimum absolute atomic E-state index is 0.00617. The third kappa shape index (κ3) is 3.65. The first-order valence-electron chi connectivity index (χ1n) is 7.96. The first kappa shape index (κ1) is 16.2. The molecule has 0 aliphatic carbocycles. The third-order valence-electron chi connectivity index (χ3n) is 4.17. The van der Waals surface area contributed by atoms with Gasteiger partial charge in [0, 0.05) is 18.5 Å². The van der Waals surface area contributed by atoms with Crippen LogP contribution in [0.1, 0.15) is 12.8 Å². The monoisotopic (exact) mass is 332 g/mol. The third-order valence-corrected chi connectivity index (χ3v) is 5.00. The van der Waals surface area contributed by atoms with E-state index in [-0.39, 0.29) is 11.9 Å². The van der Waals surface area contributed by atoms with Crippen LogP contribution in [-0.4, -0.2) is 52.8 Å². The summed E-state index contributed by atoms with van der Waals surface area (Å²) in [5, 5.41) is 17.0. The van der Waals surface area contributed by atoms with Gasteiger partial charge in [-0.2, -0.15) is 4.37 Å². The van der Waals surface area contributed by atoms with Crippen molar-refractivity contribution in [3.63, 3.8) is 0 Å². The van der Waals surface area contributed by atoms with Crippen molar-refractivity contribution < 1.29 is 9.82 Å². The van der Waals surface area contributed by atoms with E-state index in [1.54, 1.807) is 6.82 Å². The maximum Gasteiger partial charge on any atom is 0.377 e. The van der Waals surface area contributed by atoms with Crippen molar-refractivity contribution in [2.75, 3.05) is 25.0 Å². The molecule has 1 unspecified atom stereocenters. The fraction of sp³-hybridized carbons (Fsp3) is 0.467. The van der Waals surface area contributed by atoms with Crippen LogP contribution in [0.15, 0.2) is 24.3 Å². The van der Waals surface area contributed by atoms with Gasteiger partial charge in [-0.25, -0.2) is 0 Å². The normalized spacial score (nSPS) is 18.3. The number of benzene rings is 1. The zero-order valence-corrected chi connectivity index (χ0v) is 14.0. The summed E-state index contributed by atoms with van der Waals surface area (Å²) in [5.41, 5.74) is 0. The van der Waals surface area contributed by atoms with Crippen LogP contribution in [-0.2, 0) is 4.79 Å². The Morgan fingerprint density at radius 1 is 1.48 bits per heavy atom. The summed E-state index contributed by atoms with van der Waals surface area (Å²) in [6, 6.07) is 7.87. The van der Waals surface area contributed by atoms with Gasteiger partial charge in [0.1, 0.15) is 5.82 Å². The molecule has 23 heavy (non-hydrogen) atoms. The van der Waals surface area contributed by atoms with Crippen LogP contribution in [0.5, 0.6) is 0 Å². The fourth-order valence-electron chi connectivity index (χ4n) is 3.02. The van der Waals surface area contributed by atoms with E-state index in [2.05, 4.69) is 15.0 Å². The second-order valence-electron chi connectivity index (χ2n) is 5.77. The van der Waals surface area contributed by atoms with Gasteiger partial charge in [0.15, 0.2) is 0 Å². The second kappa shape index (κ2) is 7.29. The van der Waals surface area contributed by atoms with E-state index in [9.17, 15) is 9.82 Å². The van der Waals surface area contributed by atoms with Crippen LogP contribution in [0, 0.1) is 0 Å². The number of hydrogen-bond acceptors (Lipinski definition) is 6. The number of carbonyl (C=O) groups is 1. The van der Waals surface area contributed by atoms with Gasteiger partial charge in [-0.3, -0.25) is 4.79 Å². The quantitative estimate of drug-likeness (QED) is 0.551. The lowest BCUT2D eigenvalue weighted by Gasteiger charge is -2.24. The van der Waals surface area contributed by atoms with Gasteiger partial charge in [0.2, 0.25) is 5.91 Å². The molecule has 122 valence electrons. The summed E-state index contributed by atoms with van der Waals surface area (Å²) >= 11 is 1.47. The molecular formula is C15H21BN4O2S. The number of nitrogens with one attached hydrogen (secondary N) is 2. The zero-order chi connectivity index (χ0) is 16.2. The van der Waals surface area contributed by atoms with Gasteiger partial charge in [0.25, 0.3) is 0 Å². The van der Waals surface area contributed by atoms with Crippen LogP contribution < -0.4 is 10.6 Å². The van der Waals surface area contributed by atoms with E-state index in [1.807, 2.05) is 29.1 Å². The van der Waals surface area contributed by atoms with Crippen LogP contribution in [0.2, 0.25) is 6.82 Å². The number of nitrogens with zero attached hydrogens (tertiary/aromatic N) is 2. The van der Waals surface area contributed by atoms with Gasteiger partial charge in [-0.15, -0.1) is 0 Å². The lowest BCUT2D eigenvalue weighted by atomic mass is 9.84. The maximum absolute atomic E-state index is 12.2. The van der Waals surface area contributed by atoms with Crippen LogP contribution in [0.25, 0.3) is 10.1 Å². The van der Waals surface area contributed by atoms with Crippen molar-refractivity contribution in [3.05, 3.63) is 24.3 Å². The molecule has 2 aromatic rings. The van der Waals surface area contributed by atoms with E-state index in [0.717, 1.165) is 35.3 Å². The highest BCUT2D eigenvalue weighted by Crippen LogP contribution is 2.25. The van der Waals surface area contributed by atoms with Crippen molar-refractivity contribution in [1.82, 2.24) is 14.5 Å². The van der Waals surface area contributed by atoms with E-state index >= 15 is 0 Å². The van der Waals surface area contributed by atoms with Crippen molar-refractivity contribution >= 4 is 40.4 Å². The SMILES string of the molecule is CB(O)N1CCCC1C(=O)NCCNc1nsc2ccccc12. The summed E-state index contributed by atoms with van der Waals surface area (Å²) in [5.74, 6) is 0.861. The molecule has 2 heterocycles. The predicted octanol–water partition coefficient (Wildman–Crippen LogP) is 1.40. The molecule has 1 amide bonds. The molecule has 3 N–H and O–H groups in total. The minimum atomic E-state index is -0.576. The Labute approximate surface area is 140 Å². The standard InChI is InChI=1S/C15H21BN4O2S/c1-16(22)20-10-4-6-12(20)15(21)18-9-8-17-14-11-5-2-3-7-13(11)23-19-14/h2-3,5,7,12,22H,4,6,8-10H2,1H3,(H,17,19)(H,18,21). The molecule has 0 radical (unpaired) electrons. The number of hydrogen-bond donors (Lipinski definition) is 3. The summed E-state index contributed by atoms with van der Waals surface area (Å²) in [6.07, 6.45) is 1.76. The molecule has 6 nitrogen and oxygen atoms in total. The number of aromatic nitrogens is 1. The minimum Gasteiger partial charge on any atom is -0.437 e. The Hall–Kier alpha value is -1.64. The summed E-state index contributed by atoms with van der Waals surface area (Å²) < 4.78 is 5.55. The summed E-state index contributed by atoms with van der Waals surface area (Å²) in [7, 11) is -0.576. The summed E-state index contributed by atoms with van der Waals surface area (Å²) in [6.45, 7) is 3.65. The molecule has 1 saturated heterocycles. The molecule has 0 saturated carbocycles. The number of carbonyl (C=O) groups excluding carboxylic acids is 1. The molecule has 1 aromatic carbocycles.